The van der Waals surface area contributed by atoms with Crippen LogP contribution in [0.25, 0.3) is 0 Å². The van der Waals surface area contributed by atoms with E-state index in [4.69, 9.17) is 23.2 Å². The topological polar surface area (TPSA) is 15.3 Å². The summed E-state index contributed by atoms with van der Waals surface area (Å²) in [6, 6.07) is 6.10. The van der Waals surface area contributed by atoms with Gasteiger partial charge in [0.2, 0.25) is 0 Å². The molecule has 1 atom stereocenters. The van der Waals surface area contributed by atoms with Crippen molar-refractivity contribution < 1.29 is 0 Å². The van der Waals surface area contributed by atoms with Crippen LogP contribution >= 0.6 is 23.2 Å². The molecule has 0 amide bonds. The number of hydrogen-bond acceptors (Lipinski definition) is 2. The van der Waals surface area contributed by atoms with E-state index in [0.29, 0.717) is 11.1 Å². The molecule has 0 bridgehead atoms. The van der Waals surface area contributed by atoms with E-state index in [0.717, 1.165) is 36.8 Å². The van der Waals surface area contributed by atoms with E-state index in [2.05, 4.69) is 17.1 Å². The number of nitrogens with one attached hydrogen (secondary N) is 1. The summed E-state index contributed by atoms with van der Waals surface area (Å²) in [6.45, 7) is 6.44. The van der Waals surface area contributed by atoms with Crippen molar-refractivity contribution in [3.8, 4) is 0 Å². The Bertz CT molecular complexity index is 362. The summed E-state index contributed by atoms with van der Waals surface area (Å²) in [6.07, 6.45) is 0. The van der Waals surface area contributed by atoms with Gasteiger partial charge in [-0.3, -0.25) is 4.90 Å². The third-order valence-electron chi connectivity index (χ3n) is 3.11. The van der Waals surface area contributed by atoms with Crippen LogP contribution in [0, 0.1) is 0 Å². The van der Waals surface area contributed by atoms with Gasteiger partial charge in [-0.2, -0.15) is 0 Å². The molecule has 2 rings (SSSR count). The molecule has 0 aliphatic carbocycles. The summed E-state index contributed by atoms with van der Waals surface area (Å²) in [7, 11) is 0. The molecule has 88 valence electrons. The van der Waals surface area contributed by atoms with Crippen LogP contribution in [0.1, 0.15) is 18.5 Å². The van der Waals surface area contributed by atoms with Crippen molar-refractivity contribution in [1.29, 1.82) is 0 Å². The van der Waals surface area contributed by atoms with Crippen LogP contribution in [-0.4, -0.2) is 31.1 Å². The number of rotatable bonds is 2. The molecule has 1 unspecified atom stereocenters. The predicted octanol–water partition coefficient (Wildman–Crippen LogP) is 2.96. The third kappa shape index (κ3) is 2.69. The molecule has 1 saturated heterocycles. The van der Waals surface area contributed by atoms with Gasteiger partial charge in [0.05, 0.1) is 0 Å². The molecule has 16 heavy (non-hydrogen) atoms. The monoisotopic (exact) mass is 258 g/mol. The molecule has 0 radical (unpaired) electrons. The minimum absolute atomic E-state index is 0.354. The van der Waals surface area contributed by atoms with Crippen LogP contribution in [-0.2, 0) is 0 Å². The molecule has 0 aromatic heterocycles. The zero-order chi connectivity index (χ0) is 11.5. The molecule has 1 aliphatic heterocycles. The lowest BCUT2D eigenvalue weighted by Gasteiger charge is -2.33. The van der Waals surface area contributed by atoms with Gasteiger partial charge in [-0.05, 0) is 24.6 Å². The minimum atomic E-state index is 0.354. The molecule has 4 heteroatoms. The normalized spacial score (nSPS) is 19.7. The number of hydrogen-bond donors (Lipinski definition) is 1. The fraction of sp³-hybridized carbons (Fsp3) is 0.500. The Kier molecular flexibility index (Phi) is 4.09. The summed E-state index contributed by atoms with van der Waals surface area (Å²) in [5, 5.41) is 4.81. The summed E-state index contributed by atoms with van der Waals surface area (Å²) in [5.41, 5.74) is 1.16. The Labute approximate surface area is 107 Å². The van der Waals surface area contributed by atoms with E-state index in [9.17, 15) is 0 Å². The molecule has 0 spiro atoms. The van der Waals surface area contributed by atoms with Crippen LogP contribution in [0.3, 0.4) is 0 Å². The average molecular weight is 259 g/mol. The highest BCUT2D eigenvalue weighted by molar-refractivity contribution is 6.35. The summed E-state index contributed by atoms with van der Waals surface area (Å²) >= 11 is 12.1. The summed E-state index contributed by atoms with van der Waals surface area (Å²) in [4.78, 5) is 2.44. The maximum atomic E-state index is 6.22. The second-order valence-corrected chi connectivity index (χ2v) is 4.97. The van der Waals surface area contributed by atoms with Crippen molar-refractivity contribution in [2.75, 3.05) is 26.2 Å². The fourth-order valence-electron chi connectivity index (χ4n) is 2.11. The van der Waals surface area contributed by atoms with Gasteiger partial charge in [-0.15, -0.1) is 0 Å². The van der Waals surface area contributed by atoms with Gasteiger partial charge in [-0.25, -0.2) is 0 Å². The van der Waals surface area contributed by atoms with Crippen LogP contribution in [0.4, 0.5) is 0 Å². The lowest BCUT2D eigenvalue weighted by Crippen LogP contribution is -2.44. The third-order valence-corrected chi connectivity index (χ3v) is 3.67. The van der Waals surface area contributed by atoms with Gasteiger partial charge in [-0.1, -0.05) is 29.3 Å². The lowest BCUT2D eigenvalue weighted by atomic mass is 10.1. The molecular weight excluding hydrogens is 243 g/mol. The van der Waals surface area contributed by atoms with E-state index in [1.165, 1.54) is 0 Å². The SMILES string of the molecule is CC(c1ccc(Cl)cc1Cl)N1CCNCC1. The van der Waals surface area contributed by atoms with E-state index in [1.807, 2.05) is 18.2 Å². The first-order valence-corrected chi connectivity index (χ1v) is 6.34. The zero-order valence-corrected chi connectivity index (χ0v) is 10.9. The quantitative estimate of drug-likeness (QED) is 0.878. The van der Waals surface area contributed by atoms with Crippen molar-refractivity contribution in [3.63, 3.8) is 0 Å². The smallest absolute Gasteiger partial charge is 0.0468 e. The van der Waals surface area contributed by atoms with E-state index in [-0.39, 0.29) is 0 Å². The maximum absolute atomic E-state index is 6.22. The second-order valence-electron chi connectivity index (χ2n) is 4.13. The molecule has 1 aliphatic rings. The first-order chi connectivity index (χ1) is 7.68. The number of nitrogens with zero attached hydrogens (tertiary/aromatic N) is 1. The Balaban J connectivity index is 2.15. The average Bonchev–Trinajstić information content (AvgIpc) is 2.29. The minimum Gasteiger partial charge on any atom is -0.314 e. The highest BCUT2D eigenvalue weighted by Crippen LogP contribution is 2.29. The van der Waals surface area contributed by atoms with E-state index < -0.39 is 0 Å². The summed E-state index contributed by atoms with van der Waals surface area (Å²) in [5.74, 6) is 0. The van der Waals surface area contributed by atoms with Crippen molar-refractivity contribution in [3.05, 3.63) is 33.8 Å². The van der Waals surface area contributed by atoms with Crippen LogP contribution in [0.15, 0.2) is 18.2 Å². The molecule has 1 N–H and O–H groups in total. The molecule has 1 aromatic carbocycles. The number of benzene rings is 1. The van der Waals surface area contributed by atoms with Gasteiger partial charge >= 0.3 is 0 Å². The molecule has 2 nitrogen and oxygen atoms in total. The molecule has 1 fully saturated rings. The highest BCUT2D eigenvalue weighted by atomic mass is 35.5. The van der Waals surface area contributed by atoms with Gasteiger partial charge in [0.25, 0.3) is 0 Å². The Morgan fingerprint density at radius 1 is 1.25 bits per heavy atom. The van der Waals surface area contributed by atoms with Gasteiger partial charge in [0.15, 0.2) is 0 Å². The van der Waals surface area contributed by atoms with E-state index in [1.54, 1.807) is 0 Å². The van der Waals surface area contributed by atoms with Gasteiger partial charge in [0.1, 0.15) is 0 Å². The van der Waals surface area contributed by atoms with E-state index >= 15 is 0 Å². The molecular formula is C12H16Cl2N2. The molecule has 1 aromatic rings. The largest absolute Gasteiger partial charge is 0.314 e. The van der Waals surface area contributed by atoms with Gasteiger partial charge in [0, 0.05) is 42.3 Å². The lowest BCUT2D eigenvalue weighted by molar-refractivity contribution is 0.185. The first kappa shape index (κ1) is 12.2. The highest BCUT2D eigenvalue weighted by Gasteiger charge is 2.19. The zero-order valence-electron chi connectivity index (χ0n) is 9.34. The van der Waals surface area contributed by atoms with Gasteiger partial charge < -0.3 is 5.32 Å². The Morgan fingerprint density at radius 3 is 2.56 bits per heavy atom. The van der Waals surface area contributed by atoms with Crippen molar-refractivity contribution in [2.24, 2.45) is 0 Å². The maximum Gasteiger partial charge on any atom is 0.0468 e. The Hall–Kier alpha value is -0.280. The number of halogens is 2. The van der Waals surface area contributed by atoms with Crippen LogP contribution in [0.2, 0.25) is 10.0 Å². The van der Waals surface area contributed by atoms with Crippen molar-refractivity contribution in [1.82, 2.24) is 10.2 Å². The fourth-order valence-corrected chi connectivity index (χ4v) is 2.67. The Morgan fingerprint density at radius 2 is 1.94 bits per heavy atom. The van der Waals surface area contributed by atoms with Crippen molar-refractivity contribution in [2.45, 2.75) is 13.0 Å². The first-order valence-electron chi connectivity index (χ1n) is 5.58. The van der Waals surface area contributed by atoms with Crippen molar-refractivity contribution >= 4 is 23.2 Å². The standard InChI is InChI=1S/C12H16Cl2N2/c1-9(16-6-4-15-5-7-16)11-3-2-10(13)8-12(11)14/h2-3,8-9,15H,4-7H2,1H3. The second kappa shape index (κ2) is 5.37. The molecule has 0 saturated carbocycles. The van der Waals surface area contributed by atoms with Crippen LogP contribution in [0.5, 0.6) is 0 Å². The number of piperazine rings is 1. The molecule has 1 heterocycles. The predicted molar refractivity (Wildman–Crippen MR) is 69.3 cm³/mol. The van der Waals surface area contributed by atoms with Crippen LogP contribution < -0.4 is 5.32 Å². The summed E-state index contributed by atoms with van der Waals surface area (Å²) < 4.78 is 0.